The number of carbonyl (C=O) groups is 1. The molecule has 0 aliphatic carbocycles. The van der Waals surface area contributed by atoms with Crippen molar-refractivity contribution >= 4 is 28.1 Å². The number of ketones is 1. The van der Waals surface area contributed by atoms with Gasteiger partial charge in [0.2, 0.25) is 5.78 Å². The fraction of sp³-hybridized carbons (Fsp3) is 0. The predicted octanol–water partition coefficient (Wildman–Crippen LogP) is 3.73. The molecule has 0 unspecified atom stereocenters. The molecule has 2 heterocycles. The smallest absolute Gasteiger partial charge is 0.229 e. The fourth-order valence-corrected chi connectivity index (χ4v) is 2.27. The Kier molecular flexibility index (Phi) is 2.11. The molecule has 3 aromatic rings. The second kappa shape index (κ2) is 3.61. The maximum Gasteiger partial charge on any atom is 0.229 e. The summed E-state index contributed by atoms with van der Waals surface area (Å²) in [7, 11) is 0. The van der Waals surface area contributed by atoms with Crippen LogP contribution in [0, 0.1) is 0 Å². The van der Waals surface area contributed by atoms with Crippen LogP contribution >= 0.6 is 11.3 Å². The van der Waals surface area contributed by atoms with Crippen LogP contribution in [0.15, 0.2) is 51.6 Å². The van der Waals surface area contributed by atoms with E-state index in [0.717, 1.165) is 11.0 Å². The average molecular weight is 228 g/mol. The van der Waals surface area contributed by atoms with Gasteiger partial charge in [-0.3, -0.25) is 4.79 Å². The molecule has 0 spiro atoms. The summed E-state index contributed by atoms with van der Waals surface area (Å²) >= 11 is 1.51. The standard InChI is InChI=1S/C13H8O2S/c14-13(10-5-6-16-8-10)12-7-9-3-1-2-4-11(9)15-12/h1-8H. The summed E-state index contributed by atoms with van der Waals surface area (Å²) in [4.78, 5) is 12.0. The van der Waals surface area contributed by atoms with Gasteiger partial charge in [0.25, 0.3) is 0 Å². The minimum atomic E-state index is -0.0579. The lowest BCUT2D eigenvalue weighted by molar-refractivity contribution is 0.101. The maximum absolute atomic E-state index is 12.0. The SMILES string of the molecule is O=C(c1ccsc1)c1cc2ccccc2o1. The van der Waals surface area contributed by atoms with Gasteiger partial charge >= 0.3 is 0 Å². The highest BCUT2D eigenvalue weighted by Gasteiger charge is 2.14. The van der Waals surface area contributed by atoms with E-state index in [1.807, 2.05) is 35.0 Å². The van der Waals surface area contributed by atoms with Crippen molar-refractivity contribution < 1.29 is 9.21 Å². The molecule has 0 atom stereocenters. The van der Waals surface area contributed by atoms with Crippen molar-refractivity contribution in [1.29, 1.82) is 0 Å². The van der Waals surface area contributed by atoms with Gasteiger partial charge in [-0.15, -0.1) is 0 Å². The molecule has 2 aromatic heterocycles. The third kappa shape index (κ3) is 1.46. The van der Waals surface area contributed by atoms with Crippen molar-refractivity contribution in [3.05, 3.63) is 58.5 Å². The Labute approximate surface area is 96.1 Å². The second-order valence-corrected chi connectivity index (χ2v) is 4.27. The third-order valence-electron chi connectivity index (χ3n) is 2.43. The van der Waals surface area contributed by atoms with Crippen LogP contribution in [0.4, 0.5) is 0 Å². The zero-order valence-corrected chi connectivity index (χ0v) is 9.16. The molecule has 16 heavy (non-hydrogen) atoms. The van der Waals surface area contributed by atoms with Crippen LogP contribution in [0.5, 0.6) is 0 Å². The molecule has 0 saturated heterocycles. The summed E-state index contributed by atoms with van der Waals surface area (Å²) in [5, 5.41) is 4.67. The van der Waals surface area contributed by atoms with Crippen LogP contribution in [0.1, 0.15) is 16.1 Å². The highest BCUT2D eigenvalue weighted by Crippen LogP contribution is 2.21. The normalized spacial score (nSPS) is 10.8. The molecule has 0 saturated carbocycles. The quantitative estimate of drug-likeness (QED) is 0.626. The van der Waals surface area contributed by atoms with E-state index in [1.165, 1.54) is 11.3 Å². The van der Waals surface area contributed by atoms with E-state index < -0.39 is 0 Å². The van der Waals surface area contributed by atoms with E-state index in [4.69, 9.17) is 4.42 Å². The van der Waals surface area contributed by atoms with Crippen LogP contribution < -0.4 is 0 Å². The molecule has 0 aliphatic rings. The molecule has 0 aliphatic heterocycles. The number of thiophene rings is 1. The predicted molar refractivity (Wildman–Crippen MR) is 64.0 cm³/mol. The molecule has 3 heteroatoms. The monoisotopic (exact) mass is 228 g/mol. The molecular weight excluding hydrogens is 220 g/mol. The summed E-state index contributed by atoms with van der Waals surface area (Å²) in [5.41, 5.74) is 1.44. The Balaban J connectivity index is 2.10. The summed E-state index contributed by atoms with van der Waals surface area (Å²) in [6.45, 7) is 0. The molecular formula is C13H8O2S. The van der Waals surface area contributed by atoms with E-state index in [-0.39, 0.29) is 5.78 Å². The highest BCUT2D eigenvalue weighted by atomic mass is 32.1. The van der Waals surface area contributed by atoms with Crippen LogP contribution in [-0.2, 0) is 0 Å². The lowest BCUT2D eigenvalue weighted by Gasteiger charge is -1.90. The molecule has 2 nitrogen and oxygen atoms in total. The Morgan fingerprint density at radius 1 is 1.19 bits per heavy atom. The Morgan fingerprint density at radius 2 is 2.06 bits per heavy atom. The number of furan rings is 1. The zero-order valence-electron chi connectivity index (χ0n) is 8.34. The van der Waals surface area contributed by atoms with E-state index >= 15 is 0 Å². The number of para-hydroxylation sites is 1. The number of fused-ring (bicyclic) bond motifs is 1. The highest BCUT2D eigenvalue weighted by molar-refractivity contribution is 7.08. The van der Waals surface area contributed by atoms with Crippen LogP contribution in [-0.4, -0.2) is 5.78 Å². The minimum absolute atomic E-state index is 0.0579. The van der Waals surface area contributed by atoms with Gasteiger partial charge in [0, 0.05) is 16.3 Å². The molecule has 0 radical (unpaired) electrons. The first-order valence-electron chi connectivity index (χ1n) is 4.90. The first-order valence-corrected chi connectivity index (χ1v) is 5.84. The van der Waals surface area contributed by atoms with Crippen LogP contribution in [0.2, 0.25) is 0 Å². The van der Waals surface area contributed by atoms with Gasteiger partial charge in [0.05, 0.1) is 0 Å². The Hall–Kier alpha value is -1.87. The van der Waals surface area contributed by atoms with Gasteiger partial charge in [0.1, 0.15) is 5.58 Å². The van der Waals surface area contributed by atoms with Crippen molar-refractivity contribution in [2.45, 2.75) is 0 Å². The van der Waals surface area contributed by atoms with E-state index in [9.17, 15) is 4.79 Å². The van der Waals surface area contributed by atoms with Crippen molar-refractivity contribution in [1.82, 2.24) is 0 Å². The molecule has 0 fully saturated rings. The van der Waals surface area contributed by atoms with Crippen molar-refractivity contribution in [3.63, 3.8) is 0 Å². The third-order valence-corrected chi connectivity index (χ3v) is 3.12. The lowest BCUT2D eigenvalue weighted by atomic mass is 10.1. The van der Waals surface area contributed by atoms with Gasteiger partial charge in [-0.1, -0.05) is 18.2 Å². The Bertz CT molecular complexity index is 602. The number of benzene rings is 1. The summed E-state index contributed by atoms with van der Waals surface area (Å²) in [6, 6.07) is 11.2. The second-order valence-electron chi connectivity index (χ2n) is 3.49. The molecule has 78 valence electrons. The van der Waals surface area contributed by atoms with Crippen LogP contribution in [0.3, 0.4) is 0 Å². The molecule has 1 aromatic carbocycles. The molecule has 0 bridgehead atoms. The number of hydrogen-bond acceptors (Lipinski definition) is 3. The van der Waals surface area contributed by atoms with Crippen molar-refractivity contribution in [2.24, 2.45) is 0 Å². The summed E-state index contributed by atoms with van der Waals surface area (Å²) in [6.07, 6.45) is 0. The van der Waals surface area contributed by atoms with Gasteiger partial charge in [0.15, 0.2) is 5.76 Å². The van der Waals surface area contributed by atoms with Gasteiger partial charge in [-0.25, -0.2) is 0 Å². The van der Waals surface area contributed by atoms with Crippen LogP contribution in [0.25, 0.3) is 11.0 Å². The first kappa shape index (κ1) is 9.36. The molecule has 0 amide bonds. The fourth-order valence-electron chi connectivity index (χ4n) is 1.63. The topological polar surface area (TPSA) is 30.2 Å². The van der Waals surface area contributed by atoms with E-state index in [2.05, 4.69) is 0 Å². The number of rotatable bonds is 2. The summed E-state index contributed by atoms with van der Waals surface area (Å²) in [5.74, 6) is 0.344. The number of hydrogen-bond donors (Lipinski definition) is 0. The average Bonchev–Trinajstić information content (AvgIpc) is 2.97. The zero-order chi connectivity index (χ0) is 11.0. The van der Waals surface area contributed by atoms with E-state index in [0.29, 0.717) is 11.3 Å². The van der Waals surface area contributed by atoms with Crippen molar-refractivity contribution in [2.75, 3.05) is 0 Å². The minimum Gasteiger partial charge on any atom is -0.453 e. The lowest BCUT2D eigenvalue weighted by Crippen LogP contribution is -1.96. The van der Waals surface area contributed by atoms with E-state index in [1.54, 1.807) is 12.1 Å². The first-order chi connectivity index (χ1) is 7.84. The van der Waals surface area contributed by atoms with Gasteiger partial charge < -0.3 is 4.42 Å². The van der Waals surface area contributed by atoms with Crippen molar-refractivity contribution in [3.8, 4) is 0 Å². The number of carbonyl (C=O) groups excluding carboxylic acids is 1. The largest absolute Gasteiger partial charge is 0.453 e. The summed E-state index contributed by atoms with van der Waals surface area (Å²) < 4.78 is 5.51. The van der Waals surface area contributed by atoms with Gasteiger partial charge in [-0.05, 0) is 23.6 Å². The van der Waals surface area contributed by atoms with Gasteiger partial charge in [-0.2, -0.15) is 11.3 Å². The molecule has 3 rings (SSSR count). The molecule has 0 N–H and O–H groups in total. The maximum atomic E-state index is 12.0. The Morgan fingerprint density at radius 3 is 2.81 bits per heavy atom.